The first-order chi connectivity index (χ1) is 43.4. The molecule has 19 heteroatoms. The molecule has 0 aromatic carbocycles. The minimum Gasteiger partial charge on any atom is -0.462 e. The molecule has 0 amide bonds. The van der Waals surface area contributed by atoms with Gasteiger partial charge in [-0.25, -0.2) is 9.13 Å². The Labute approximate surface area is 549 Å². The van der Waals surface area contributed by atoms with Crippen molar-refractivity contribution in [3.05, 3.63) is 0 Å². The number of carbonyl (C=O) groups excluding carboxylic acids is 4. The van der Waals surface area contributed by atoms with Crippen LogP contribution in [0.3, 0.4) is 0 Å². The average molecular weight is 1330 g/mol. The second kappa shape index (κ2) is 63.1. The first-order valence-electron chi connectivity index (χ1n) is 37.0. The molecule has 3 N–H and O–H groups in total. The fourth-order valence-corrected chi connectivity index (χ4v) is 12.3. The second-order valence-corrected chi connectivity index (χ2v) is 29.3. The molecule has 0 aliphatic rings. The van der Waals surface area contributed by atoms with Gasteiger partial charge in [-0.2, -0.15) is 0 Å². The maximum Gasteiger partial charge on any atom is 0.472 e. The van der Waals surface area contributed by atoms with Crippen molar-refractivity contribution in [2.75, 3.05) is 39.6 Å². The molecular weight excluding hydrogens is 1190 g/mol. The Kier molecular flexibility index (Phi) is 61.8. The lowest BCUT2D eigenvalue weighted by Gasteiger charge is -2.21. The molecule has 0 aliphatic heterocycles. The van der Waals surface area contributed by atoms with Crippen LogP contribution in [0, 0.1) is 11.8 Å². The van der Waals surface area contributed by atoms with E-state index in [0.29, 0.717) is 31.6 Å². The molecule has 0 fully saturated rings. The Morgan fingerprint density at radius 1 is 0.322 bits per heavy atom. The van der Waals surface area contributed by atoms with Crippen molar-refractivity contribution in [2.24, 2.45) is 11.8 Å². The molecule has 6 atom stereocenters. The highest BCUT2D eigenvalue weighted by molar-refractivity contribution is 7.47. The quantitative estimate of drug-likeness (QED) is 0.0222. The highest BCUT2D eigenvalue weighted by Crippen LogP contribution is 2.45. The molecule has 0 aliphatic carbocycles. The van der Waals surface area contributed by atoms with Crippen LogP contribution < -0.4 is 0 Å². The van der Waals surface area contributed by atoms with Gasteiger partial charge in [0.2, 0.25) is 0 Å². The van der Waals surface area contributed by atoms with E-state index in [2.05, 4.69) is 41.5 Å². The van der Waals surface area contributed by atoms with Crippen molar-refractivity contribution in [2.45, 2.75) is 381 Å². The van der Waals surface area contributed by atoms with Crippen LogP contribution in [0.5, 0.6) is 0 Å². The highest BCUT2D eigenvalue weighted by Gasteiger charge is 2.30. The SMILES string of the molecule is CCCCCCCCCCCCCCCC(=O)OC[C@H](COP(=O)(O)OC[C@@H](O)COP(=O)(O)OC[C@@H](COC(=O)CCCCCCC)OC(=O)CCCCCCCCCC(C)C)OC(=O)CCCCCCCCCCCCCCCCCCCCC(C)CC. The van der Waals surface area contributed by atoms with Crippen molar-refractivity contribution in [1.29, 1.82) is 0 Å². The molecule has 0 bridgehead atoms. The first kappa shape index (κ1) is 88.1. The van der Waals surface area contributed by atoms with E-state index in [9.17, 15) is 43.2 Å². The lowest BCUT2D eigenvalue weighted by Crippen LogP contribution is -2.30. The van der Waals surface area contributed by atoms with E-state index in [0.717, 1.165) is 102 Å². The number of ether oxygens (including phenoxy) is 4. The number of unbranched alkanes of at least 4 members (excludes halogenated alkanes) is 39. The largest absolute Gasteiger partial charge is 0.472 e. The molecule has 3 unspecified atom stereocenters. The van der Waals surface area contributed by atoms with Crippen LogP contribution in [-0.4, -0.2) is 96.7 Å². The summed E-state index contributed by atoms with van der Waals surface area (Å²) >= 11 is 0. The third-order valence-corrected chi connectivity index (χ3v) is 18.7. The number of carbonyl (C=O) groups is 4. The Morgan fingerprint density at radius 3 is 0.844 bits per heavy atom. The standard InChI is InChI=1S/C71H138O17P2/c1-7-10-12-14-15-16-17-24-28-31-36-42-48-54-69(74)82-60-67(88-70(75)55-49-43-37-32-29-26-23-21-19-18-20-22-25-27-30-35-41-46-52-64(6)9-3)62-86-90(79,80)84-58-65(72)57-83-89(77,78)85-61-66(59-81-68(73)53-47-39-13-11-8-2)87-71(76)56-50-44-38-33-34-40-45-51-63(4)5/h63-67,72H,7-62H2,1-6H3,(H,77,78)(H,79,80)/t64?,65-,66+,67+/m0/s1. The van der Waals surface area contributed by atoms with Gasteiger partial charge in [0.25, 0.3) is 0 Å². The van der Waals surface area contributed by atoms with Crippen molar-refractivity contribution < 1.29 is 80.2 Å². The predicted molar refractivity (Wildman–Crippen MR) is 363 cm³/mol. The van der Waals surface area contributed by atoms with Gasteiger partial charge in [-0.1, -0.05) is 311 Å². The second-order valence-electron chi connectivity index (χ2n) is 26.3. The summed E-state index contributed by atoms with van der Waals surface area (Å²) in [6, 6.07) is 0. The number of phosphoric ester groups is 2. The number of phosphoric acid groups is 2. The number of hydrogen-bond acceptors (Lipinski definition) is 15. The molecule has 534 valence electrons. The molecule has 0 rings (SSSR count). The summed E-state index contributed by atoms with van der Waals surface area (Å²) in [5.41, 5.74) is 0. The van der Waals surface area contributed by atoms with E-state index in [1.807, 2.05) is 0 Å². The summed E-state index contributed by atoms with van der Waals surface area (Å²) in [4.78, 5) is 72.2. The van der Waals surface area contributed by atoms with Crippen LogP contribution in [0.2, 0.25) is 0 Å². The summed E-state index contributed by atoms with van der Waals surface area (Å²) in [5, 5.41) is 10.6. The lowest BCUT2D eigenvalue weighted by atomic mass is 9.99. The van der Waals surface area contributed by atoms with Gasteiger partial charge < -0.3 is 33.8 Å². The fourth-order valence-electron chi connectivity index (χ4n) is 10.7. The first-order valence-corrected chi connectivity index (χ1v) is 40.0. The molecule has 0 heterocycles. The van der Waals surface area contributed by atoms with Crippen LogP contribution in [0.15, 0.2) is 0 Å². The van der Waals surface area contributed by atoms with E-state index < -0.39 is 97.5 Å². The van der Waals surface area contributed by atoms with E-state index >= 15 is 0 Å². The third-order valence-electron chi connectivity index (χ3n) is 16.8. The number of rotatable bonds is 70. The molecule has 0 radical (unpaired) electrons. The maximum absolute atomic E-state index is 13.0. The Bertz CT molecular complexity index is 1750. The molecule has 0 saturated carbocycles. The molecule has 0 aromatic heterocycles. The van der Waals surface area contributed by atoms with Crippen LogP contribution in [-0.2, 0) is 65.4 Å². The van der Waals surface area contributed by atoms with Gasteiger partial charge >= 0.3 is 39.5 Å². The minimum atomic E-state index is -4.95. The molecule has 0 spiro atoms. The van der Waals surface area contributed by atoms with Crippen molar-refractivity contribution in [1.82, 2.24) is 0 Å². The molecule has 0 saturated heterocycles. The van der Waals surface area contributed by atoms with Gasteiger partial charge in [-0.15, -0.1) is 0 Å². The van der Waals surface area contributed by atoms with E-state index in [1.54, 1.807) is 0 Å². The van der Waals surface area contributed by atoms with Crippen molar-refractivity contribution in [3.8, 4) is 0 Å². The summed E-state index contributed by atoms with van der Waals surface area (Å²) in [5.74, 6) is -0.569. The van der Waals surface area contributed by atoms with E-state index in [-0.39, 0.29) is 25.7 Å². The normalized spacial score (nSPS) is 14.4. The smallest absolute Gasteiger partial charge is 0.462 e. The van der Waals surface area contributed by atoms with Gasteiger partial charge in [0.15, 0.2) is 12.2 Å². The lowest BCUT2D eigenvalue weighted by molar-refractivity contribution is -0.161. The maximum atomic E-state index is 13.0. The van der Waals surface area contributed by atoms with Crippen LogP contribution in [0.4, 0.5) is 0 Å². The zero-order valence-corrected chi connectivity index (χ0v) is 60.2. The topological polar surface area (TPSA) is 237 Å². The van der Waals surface area contributed by atoms with Gasteiger partial charge in [0.05, 0.1) is 26.4 Å². The summed E-state index contributed by atoms with van der Waals surface area (Å²) in [7, 11) is -9.89. The number of esters is 4. The van der Waals surface area contributed by atoms with Crippen LogP contribution in [0.25, 0.3) is 0 Å². The van der Waals surface area contributed by atoms with Gasteiger partial charge in [0, 0.05) is 25.7 Å². The summed E-state index contributed by atoms with van der Waals surface area (Å²) in [6.45, 7) is 9.46. The minimum absolute atomic E-state index is 0.103. The third kappa shape index (κ3) is 63.5. The van der Waals surface area contributed by atoms with Gasteiger partial charge in [0.1, 0.15) is 19.3 Å². The molecule has 0 aromatic rings. The molecular formula is C71H138O17P2. The highest BCUT2D eigenvalue weighted by atomic mass is 31.2. The number of aliphatic hydroxyl groups is 1. The van der Waals surface area contributed by atoms with Crippen LogP contribution in [0.1, 0.15) is 363 Å². The number of aliphatic hydroxyl groups excluding tert-OH is 1. The Hall–Kier alpha value is -1.94. The molecule has 90 heavy (non-hydrogen) atoms. The van der Waals surface area contributed by atoms with Crippen molar-refractivity contribution >= 4 is 39.5 Å². The van der Waals surface area contributed by atoms with Crippen LogP contribution >= 0.6 is 15.6 Å². The fraction of sp³-hybridized carbons (Fsp3) is 0.944. The monoisotopic (exact) mass is 1320 g/mol. The van der Waals surface area contributed by atoms with Gasteiger partial charge in [-0.05, 0) is 37.5 Å². The molecule has 17 nitrogen and oxygen atoms in total. The zero-order valence-electron chi connectivity index (χ0n) is 58.4. The van der Waals surface area contributed by atoms with Crippen molar-refractivity contribution in [3.63, 3.8) is 0 Å². The Balaban J connectivity index is 5.09. The average Bonchev–Trinajstić information content (AvgIpc) is 3.19. The van der Waals surface area contributed by atoms with E-state index in [1.165, 1.54) is 173 Å². The summed E-state index contributed by atoms with van der Waals surface area (Å²) < 4.78 is 68.0. The number of hydrogen-bond donors (Lipinski definition) is 3. The summed E-state index contributed by atoms with van der Waals surface area (Å²) in [6.07, 6.45) is 49.1. The Morgan fingerprint density at radius 2 is 0.567 bits per heavy atom. The van der Waals surface area contributed by atoms with Gasteiger partial charge in [-0.3, -0.25) is 37.3 Å². The van der Waals surface area contributed by atoms with E-state index in [4.69, 9.17) is 37.0 Å². The predicted octanol–water partition coefficient (Wildman–Crippen LogP) is 20.4. The zero-order chi connectivity index (χ0) is 66.5.